The predicted octanol–water partition coefficient (Wildman–Crippen LogP) is 3.51. The largest absolute Gasteiger partial charge is 0.324 e. The number of rotatable bonds is 5. The molecule has 3 aromatic rings. The van der Waals surface area contributed by atoms with Crippen LogP contribution in [0.25, 0.3) is 5.57 Å². The van der Waals surface area contributed by atoms with Crippen molar-refractivity contribution in [2.45, 2.75) is 22.3 Å². The lowest BCUT2D eigenvalue weighted by Crippen LogP contribution is -2.36. The van der Waals surface area contributed by atoms with E-state index < -0.39 is 9.73 Å². The Balaban J connectivity index is 1.52. The van der Waals surface area contributed by atoms with Gasteiger partial charge in [-0.1, -0.05) is 18.2 Å². The summed E-state index contributed by atoms with van der Waals surface area (Å²) in [5.74, 6) is -0.697. The van der Waals surface area contributed by atoms with Crippen LogP contribution in [0.4, 0.5) is 4.39 Å². The van der Waals surface area contributed by atoms with E-state index in [9.17, 15) is 13.4 Å². The Morgan fingerprint density at radius 3 is 2.38 bits per heavy atom. The minimum Gasteiger partial charge on any atom is -0.324 e. The van der Waals surface area contributed by atoms with Gasteiger partial charge in [0.2, 0.25) is 0 Å². The molecule has 4 N–H and O–H groups in total. The van der Waals surface area contributed by atoms with Crippen molar-refractivity contribution in [1.82, 2.24) is 15.3 Å². The van der Waals surface area contributed by atoms with E-state index >= 15 is 0 Å². The van der Waals surface area contributed by atoms with Gasteiger partial charge in [0.25, 0.3) is 5.91 Å². The molecule has 2 aromatic carbocycles. The molecule has 4 rings (SSSR count). The van der Waals surface area contributed by atoms with Crippen LogP contribution in [-0.2, 0) is 9.73 Å². The number of halogens is 1. The average Bonchev–Trinajstić information content (AvgIpc) is 2.81. The van der Waals surface area contributed by atoms with Crippen LogP contribution in [0, 0.1) is 10.6 Å². The SMILES string of the molecule is N=S(=O)(c1ccc(C(=O)NC2=CC(c3ccc(F)cc3)=CCC2N)cc1)c1cncnc1. The molecule has 1 aliphatic rings. The summed E-state index contributed by atoms with van der Waals surface area (Å²) in [6.07, 6.45) is 8.23. The number of aromatic nitrogens is 2. The van der Waals surface area contributed by atoms with Gasteiger partial charge in [0.05, 0.1) is 9.79 Å². The average molecular weight is 450 g/mol. The van der Waals surface area contributed by atoms with Crippen LogP contribution in [0.5, 0.6) is 0 Å². The molecule has 1 aromatic heterocycles. The van der Waals surface area contributed by atoms with Gasteiger partial charge in [-0.05, 0) is 60.0 Å². The van der Waals surface area contributed by atoms with Crippen molar-refractivity contribution in [3.8, 4) is 0 Å². The second-order valence-electron chi connectivity index (χ2n) is 7.22. The van der Waals surface area contributed by atoms with Gasteiger partial charge < -0.3 is 11.1 Å². The van der Waals surface area contributed by atoms with Crippen molar-refractivity contribution in [3.05, 3.63) is 102 Å². The highest BCUT2D eigenvalue weighted by Gasteiger charge is 2.19. The van der Waals surface area contributed by atoms with Crippen molar-refractivity contribution in [2.75, 3.05) is 0 Å². The molecular formula is C23H20FN5O2S. The first kappa shape index (κ1) is 21.5. The summed E-state index contributed by atoms with van der Waals surface area (Å²) < 4.78 is 34.3. The van der Waals surface area contributed by atoms with E-state index in [4.69, 9.17) is 10.5 Å². The maximum Gasteiger partial charge on any atom is 0.255 e. The second kappa shape index (κ2) is 8.81. The molecule has 0 saturated heterocycles. The van der Waals surface area contributed by atoms with Gasteiger partial charge >= 0.3 is 0 Å². The lowest BCUT2D eigenvalue weighted by molar-refractivity contribution is 0.0963. The Morgan fingerprint density at radius 2 is 1.72 bits per heavy atom. The van der Waals surface area contributed by atoms with Crippen LogP contribution >= 0.6 is 0 Å². The molecule has 0 bridgehead atoms. The molecule has 7 nitrogen and oxygen atoms in total. The molecule has 1 aliphatic carbocycles. The zero-order valence-corrected chi connectivity index (χ0v) is 17.7. The molecule has 0 radical (unpaired) electrons. The number of nitrogens with zero attached hydrogens (tertiary/aromatic N) is 2. The number of carbonyl (C=O) groups is 1. The van der Waals surface area contributed by atoms with Crippen LogP contribution in [0.1, 0.15) is 22.3 Å². The third-order valence-electron chi connectivity index (χ3n) is 5.05. The highest BCUT2D eigenvalue weighted by atomic mass is 32.2. The first-order chi connectivity index (χ1) is 15.3. The number of hydrogen-bond donors (Lipinski definition) is 3. The molecule has 1 amide bonds. The van der Waals surface area contributed by atoms with E-state index in [-0.39, 0.29) is 27.6 Å². The fraction of sp³-hybridized carbons (Fsp3) is 0.0870. The number of carbonyl (C=O) groups excluding carboxylic acids is 1. The van der Waals surface area contributed by atoms with Crippen LogP contribution in [0.3, 0.4) is 0 Å². The van der Waals surface area contributed by atoms with E-state index in [0.717, 1.165) is 11.1 Å². The smallest absolute Gasteiger partial charge is 0.255 e. The van der Waals surface area contributed by atoms with Gasteiger partial charge in [-0.15, -0.1) is 0 Å². The molecule has 2 unspecified atom stereocenters. The number of nitrogens with two attached hydrogens (primary N) is 1. The summed E-state index contributed by atoms with van der Waals surface area (Å²) in [4.78, 5) is 20.8. The number of amides is 1. The quantitative estimate of drug-likeness (QED) is 0.550. The van der Waals surface area contributed by atoms with E-state index in [2.05, 4.69) is 15.3 Å². The lowest BCUT2D eigenvalue weighted by atomic mass is 9.95. The van der Waals surface area contributed by atoms with Gasteiger partial charge in [0.1, 0.15) is 21.9 Å². The summed E-state index contributed by atoms with van der Waals surface area (Å²) in [7, 11) is -3.28. The fourth-order valence-corrected chi connectivity index (χ4v) is 4.47. The first-order valence-electron chi connectivity index (χ1n) is 9.73. The fourth-order valence-electron chi connectivity index (χ4n) is 3.26. The zero-order chi connectivity index (χ0) is 22.7. The van der Waals surface area contributed by atoms with Crippen molar-refractivity contribution < 1.29 is 13.4 Å². The molecule has 0 spiro atoms. The first-order valence-corrected chi connectivity index (χ1v) is 11.3. The monoisotopic (exact) mass is 449 g/mol. The Labute approximate surface area is 184 Å². The summed E-state index contributed by atoms with van der Waals surface area (Å²) >= 11 is 0. The minimum absolute atomic E-state index is 0.190. The molecule has 0 saturated carbocycles. The Morgan fingerprint density at radius 1 is 1.06 bits per heavy atom. The van der Waals surface area contributed by atoms with Crippen LogP contribution in [0.15, 0.2) is 94.9 Å². The summed E-state index contributed by atoms with van der Waals surface area (Å²) in [5, 5.41) is 2.83. The van der Waals surface area contributed by atoms with Gasteiger partial charge in [0.15, 0.2) is 0 Å². The van der Waals surface area contributed by atoms with Crippen molar-refractivity contribution in [3.63, 3.8) is 0 Å². The highest BCUT2D eigenvalue weighted by Crippen LogP contribution is 2.25. The Kier molecular flexibility index (Phi) is 5.93. The van der Waals surface area contributed by atoms with E-state index in [1.165, 1.54) is 55.1 Å². The van der Waals surface area contributed by atoms with Gasteiger partial charge in [-0.25, -0.2) is 23.3 Å². The Hall–Kier alpha value is -3.69. The third-order valence-corrected chi connectivity index (χ3v) is 6.87. The number of hydrogen-bond acceptors (Lipinski definition) is 6. The van der Waals surface area contributed by atoms with Crippen molar-refractivity contribution in [2.24, 2.45) is 5.73 Å². The maximum absolute atomic E-state index is 13.2. The highest BCUT2D eigenvalue weighted by molar-refractivity contribution is 7.92. The van der Waals surface area contributed by atoms with E-state index in [0.29, 0.717) is 17.7 Å². The molecule has 0 aliphatic heterocycles. The van der Waals surface area contributed by atoms with Gasteiger partial charge in [0, 0.05) is 29.7 Å². The van der Waals surface area contributed by atoms with E-state index in [1.54, 1.807) is 18.2 Å². The lowest BCUT2D eigenvalue weighted by Gasteiger charge is -2.21. The summed E-state index contributed by atoms with van der Waals surface area (Å²) in [5.41, 5.74) is 8.70. The molecule has 32 heavy (non-hydrogen) atoms. The van der Waals surface area contributed by atoms with Crippen LogP contribution in [0.2, 0.25) is 0 Å². The molecular weight excluding hydrogens is 429 g/mol. The molecule has 162 valence electrons. The van der Waals surface area contributed by atoms with Crippen LogP contribution < -0.4 is 11.1 Å². The molecule has 1 heterocycles. The third kappa shape index (κ3) is 4.48. The predicted molar refractivity (Wildman–Crippen MR) is 118 cm³/mol. The topological polar surface area (TPSA) is 122 Å². The molecule has 0 fully saturated rings. The maximum atomic E-state index is 13.2. The minimum atomic E-state index is -3.28. The number of benzene rings is 2. The summed E-state index contributed by atoms with van der Waals surface area (Å²) in [6.45, 7) is 0. The number of nitrogens with one attached hydrogen (secondary N) is 2. The standard InChI is InChI=1S/C23H20FN5O2S/c24-18-6-1-15(2-7-18)17-5-10-21(25)22(11-17)29-23(30)16-3-8-19(9-4-16)32(26,31)20-12-27-14-28-13-20/h1-9,11-14,21,26H,10,25H2,(H,29,30). The number of allylic oxidation sites excluding steroid dienone is 2. The molecule has 2 atom stereocenters. The van der Waals surface area contributed by atoms with Gasteiger partial charge in [-0.3, -0.25) is 4.79 Å². The van der Waals surface area contributed by atoms with E-state index in [1.807, 2.05) is 6.08 Å². The van der Waals surface area contributed by atoms with Crippen molar-refractivity contribution >= 4 is 21.2 Å². The van der Waals surface area contributed by atoms with Crippen LogP contribution in [-0.4, -0.2) is 26.1 Å². The summed E-state index contributed by atoms with van der Waals surface area (Å²) in [6, 6.07) is 11.7. The zero-order valence-electron chi connectivity index (χ0n) is 16.9. The second-order valence-corrected chi connectivity index (χ2v) is 9.27. The van der Waals surface area contributed by atoms with Gasteiger partial charge in [-0.2, -0.15) is 0 Å². The Bertz CT molecular complexity index is 1300. The van der Waals surface area contributed by atoms with Crippen molar-refractivity contribution in [1.29, 1.82) is 4.78 Å². The molecule has 9 heteroatoms. The normalized spacial score (nSPS) is 17.6.